The third-order valence-corrected chi connectivity index (χ3v) is 6.35. The Morgan fingerprint density at radius 1 is 1.39 bits per heavy atom. The summed E-state index contributed by atoms with van der Waals surface area (Å²) in [5.74, 6) is -0.0846. The van der Waals surface area contributed by atoms with Crippen molar-refractivity contribution in [1.29, 1.82) is 0 Å². The van der Waals surface area contributed by atoms with Crippen LogP contribution in [0.15, 0.2) is 41.6 Å². The molecule has 0 fully saturated rings. The van der Waals surface area contributed by atoms with Crippen molar-refractivity contribution < 1.29 is 9.13 Å². The summed E-state index contributed by atoms with van der Waals surface area (Å²) in [6, 6.07) is 9.13. The number of ether oxygens (including phenoxy) is 1. The summed E-state index contributed by atoms with van der Waals surface area (Å²) in [6.07, 6.45) is 2.19. The Kier molecular flexibility index (Phi) is 6.01. The molecule has 2 aromatic carbocycles. The van der Waals surface area contributed by atoms with Gasteiger partial charge < -0.3 is 14.8 Å². The fraction of sp³-hybridized carbons (Fsp3) is 0.263. The molecule has 5 nitrogen and oxygen atoms in total. The molecule has 0 radical (unpaired) electrons. The third kappa shape index (κ3) is 4.25. The van der Waals surface area contributed by atoms with Gasteiger partial charge in [0.25, 0.3) is 0 Å². The van der Waals surface area contributed by atoms with Crippen LogP contribution in [0.3, 0.4) is 0 Å². The molecule has 1 aliphatic heterocycles. The molecule has 0 spiro atoms. The van der Waals surface area contributed by atoms with Gasteiger partial charge in [0, 0.05) is 24.1 Å². The first-order valence-corrected chi connectivity index (χ1v) is 10.7. The summed E-state index contributed by atoms with van der Waals surface area (Å²) in [7, 11) is 0. The largest absolute Gasteiger partial charge is 0.484 e. The quantitative estimate of drug-likeness (QED) is 0.515. The van der Waals surface area contributed by atoms with E-state index < -0.39 is 5.82 Å². The normalized spacial score (nSPS) is 14.4. The van der Waals surface area contributed by atoms with Crippen LogP contribution in [-0.4, -0.2) is 15.9 Å². The molecular weight excluding hydrogens is 419 g/mol. The summed E-state index contributed by atoms with van der Waals surface area (Å²) in [4.78, 5) is 4.36. The second-order valence-corrected chi connectivity index (χ2v) is 8.37. The van der Waals surface area contributed by atoms with Crippen molar-refractivity contribution in [1.82, 2.24) is 14.7 Å². The summed E-state index contributed by atoms with van der Waals surface area (Å²) < 4.78 is 27.4. The van der Waals surface area contributed by atoms with Gasteiger partial charge in [-0.05, 0) is 54.6 Å². The molecule has 0 amide bonds. The Morgan fingerprint density at radius 3 is 3.11 bits per heavy atom. The van der Waals surface area contributed by atoms with Crippen LogP contribution in [0.25, 0.3) is 0 Å². The lowest BCUT2D eigenvalue weighted by atomic mass is 9.93. The first-order chi connectivity index (χ1) is 13.6. The number of benzene rings is 2. The average Bonchev–Trinajstić information content (AvgIpc) is 3.22. The summed E-state index contributed by atoms with van der Waals surface area (Å²) in [6.45, 7) is 3.75. The molecule has 2 N–H and O–H groups in total. The minimum atomic E-state index is -0.412. The number of halogens is 2. The van der Waals surface area contributed by atoms with Gasteiger partial charge in [0.05, 0.1) is 9.92 Å². The molecule has 28 heavy (non-hydrogen) atoms. The topological polar surface area (TPSA) is 59.1 Å². The minimum Gasteiger partial charge on any atom is -0.484 e. The van der Waals surface area contributed by atoms with E-state index in [-0.39, 0.29) is 6.10 Å². The Balaban J connectivity index is 1.51. The first-order valence-electron chi connectivity index (χ1n) is 8.78. The van der Waals surface area contributed by atoms with Crippen molar-refractivity contribution >= 4 is 40.2 Å². The number of rotatable bonds is 6. The van der Waals surface area contributed by atoms with Crippen molar-refractivity contribution in [2.45, 2.75) is 30.9 Å². The van der Waals surface area contributed by atoms with E-state index in [2.05, 4.69) is 31.5 Å². The van der Waals surface area contributed by atoms with Crippen LogP contribution in [0.1, 0.15) is 29.7 Å². The molecule has 1 aliphatic rings. The Hall–Kier alpha value is -1.87. The lowest BCUT2D eigenvalue weighted by Gasteiger charge is -2.24. The van der Waals surface area contributed by atoms with E-state index in [1.54, 1.807) is 6.07 Å². The molecule has 9 heteroatoms. The van der Waals surface area contributed by atoms with Crippen LogP contribution in [0.5, 0.6) is 5.75 Å². The molecule has 1 unspecified atom stereocenters. The number of hydrogen-bond donors (Lipinski definition) is 2. The highest BCUT2D eigenvalue weighted by Crippen LogP contribution is 2.36. The maximum absolute atomic E-state index is 14.5. The fourth-order valence-corrected chi connectivity index (χ4v) is 4.59. The van der Waals surface area contributed by atoms with Crippen molar-refractivity contribution in [3.8, 4) is 5.75 Å². The van der Waals surface area contributed by atoms with Crippen LogP contribution in [0, 0.1) is 5.82 Å². The third-order valence-electron chi connectivity index (χ3n) is 4.52. The average molecular weight is 437 g/mol. The van der Waals surface area contributed by atoms with Gasteiger partial charge in [-0.15, -0.1) is 0 Å². The van der Waals surface area contributed by atoms with Crippen LogP contribution in [-0.2, 0) is 13.0 Å². The SMILES string of the molecule is CC(Oc1cc(F)c(SNc2ncns2)cc1Cl)c1cccc2c1CNCC2. The predicted octanol–water partition coefficient (Wildman–Crippen LogP) is 5.24. The van der Waals surface area contributed by atoms with Gasteiger partial charge >= 0.3 is 0 Å². The van der Waals surface area contributed by atoms with E-state index in [9.17, 15) is 4.39 Å². The molecule has 1 aromatic heterocycles. The van der Waals surface area contributed by atoms with Crippen molar-refractivity contribution in [3.63, 3.8) is 0 Å². The number of aromatic nitrogens is 2. The maximum Gasteiger partial charge on any atom is 0.212 e. The zero-order chi connectivity index (χ0) is 19.5. The lowest BCUT2D eigenvalue weighted by Crippen LogP contribution is -2.25. The molecule has 0 bridgehead atoms. The summed E-state index contributed by atoms with van der Waals surface area (Å²) >= 11 is 8.66. The van der Waals surface area contributed by atoms with E-state index in [0.717, 1.165) is 37.0 Å². The van der Waals surface area contributed by atoms with Gasteiger partial charge in [0.15, 0.2) is 0 Å². The highest BCUT2D eigenvalue weighted by atomic mass is 35.5. The zero-order valence-corrected chi connectivity index (χ0v) is 17.4. The molecule has 4 rings (SSSR count). The molecule has 146 valence electrons. The van der Waals surface area contributed by atoms with Gasteiger partial charge in [-0.25, -0.2) is 9.37 Å². The van der Waals surface area contributed by atoms with Crippen molar-refractivity contribution in [3.05, 3.63) is 64.2 Å². The molecule has 1 atom stereocenters. The Labute approximate surface area is 176 Å². The standard InChI is InChI=1S/C19H18ClFN4OS2/c1-11(13-4-2-3-12-5-6-22-9-14(12)13)26-17-8-16(21)18(7-15(17)20)27-25-19-23-10-24-28-19/h2-4,7-8,10-11,22H,5-6,9H2,1H3,(H,23,24,25). The number of nitrogens with zero attached hydrogens (tertiary/aromatic N) is 2. The number of fused-ring (bicyclic) bond motifs is 1. The number of nitrogens with one attached hydrogen (secondary N) is 2. The predicted molar refractivity (Wildman–Crippen MR) is 112 cm³/mol. The minimum absolute atomic E-state index is 0.246. The van der Waals surface area contributed by atoms with Crippen LogP contribution in [0.4, 0.5) is 9.52 Å². The highest BCUT2D eigenvalue weighted by Gasteiger charge is 2.19. The molecule has 0 aliphatic carbocycles. The monoisotopic (exact) mass is 436 g/mol. The van der Waals surface area contributed by atoms with Crippen LogP contribution >= 0.6 is 35.1 Å². The molecule has 3 aromatic rings. The number of anilines is 1. The van der Waals surface area contributed by atoms with E-state index >= 15 is 0 Å². The van der Waals surface area contributed by atoms with Gasteiger partial charge in [0.1, 0.15) is 24.0 Å². The highest BCUT2D eigenvalue weighted by molar-refractivity contribution is 8.00. The van der Waals surface area contributed by atoms with E-state index in [0.29, 0.717) is 20.8 Å². The Morgan fingerprint density at radius 2 is 2.29 bits per heavy atom. The van der Waals surface area contributed by atoms with Gasteiger partial charge in [0.2, 0.25) is 5.13 Å². The molecule has 2 heterocycles. The molecule has 0 saturated heterocycles. The second kappa shape index (κ2) is 8.65. The van der Waals surface area contributed by atoms with E-state index in [4.69, 9.17) is 16.3 Å². The van der Waals surface area contributed by atoms with Crippen LogP contribution in [0.2, 0.25) is 5.02 Å². The smallest absolute Gasteiger partial charge is 0.212 e. The zero-order valence-electron chi connectivity index (χ0n) is 15.0. The van der Waals surface area contributed by atoms with Gasteiger partial charge in [-0.1, -0.05) is 29.8 Å². The second-order valence-electron chi connectivity index (χ2n) is 6.34. The summed E-state index contributed by atoms with van der Waals surface area (Å²) in [5, 5.41) is 4.35. The van der Waals surface area contributed by atoms with Gasteiger partial charge in [-0.2, -0.15) is 4.37 Å². The van der Waals surface area contributed by atoms with Crippen molar-refractivity contribution in [2.24, 2.45) is 0 Å². The van der Waals surface area contributed by atoms with Crippen molar-refractivity contribution in [2.75, 3.05) is 11.3 Å². The van der Waals surface area contributed by atoms with Crippen LogP contribution < -0.4 is 14.8 Å². The molecule has 0 saturated carbocycles. The molecular formula is C19H18ClFN4OS2. The maximum atomic E-state index is 14.5. The Bertz CT molecular complexity index is 971. The number of hydrogen-bond acceptors (Lipinski definition) is 7. The van der Waals surface area contributed by atoms with E-state index in [1.165, 1.54) is 35.1 Å². The van der Waals surface area contributed by atoms with Gasteiger partial charge in [-0.3, -0.25) is 0 Å². The first kappa shape index (κ1) is 19.4. The fourth-order valence-electron chi connectivity index (χ4n) is 3.17. The summed E-state index contributed by atoms with van der Waals surface area (Å²) in [5.41, 5.74) is 3.68. The lowest BCUT2D eigenvalue weighted by molar-refractivity contribution is 0.224. The van der Waals surface area contributed by atoms with E-state index in [1.807, 2.05) is 13.0 Å².